The average Bonchev–Trinajstić information content (AvgIpc) is 3.11. The maximum atomic E-state index is 12.6. The van der Waals surface area contributed by atoms with E-state index in [1.807, 2.05) is 0 Å². The third-order valence-electron chi connectivity index (χ3n) is 3.80. The van der Waals surface area contributed by atoms with E-state index in [4.69, 9.17) is 23.2 Å². The summed E-state index contributed by atoms with van der Waals surface area (Å²) >= 11 is 16.9. The summed E-state index contributed by atoms with van der Waals surface area (Å²) in [6.45, 7) is 3.89. The Hall–Kier alpha value is -1.06. The number of nitrogens with one attached hydrogen (secondary N) is 1. The molecule has 3 rings (SSSR count). The highest BCUT2D eigenvalue weighted by Crippen LogP contribution is 2.31. The van der Waals surface area contributed by atoms with Crippen molar-refractivity contribution in [3.63, 3.8) is 0 Å². The fourth-order valence-corrected chi connectivity index (χ4v) is 6.16. The Morgan fingerprint density at radius 3 is 2.42 bits per heavy atom. The van der Waals surface area contributed by atoms with Crippen molar-refractivity contribution in [2.45, 2.75) is 24.6 Å². The molecule has 0 spiro atoms. The van der Waals surface area contributed by atoms with Crippen LogP contribution in [-0.2, 0) is 16.6 Å². The monoisotopic (exact) mass is 493 g/mol. The lowest BCUT2D eigenvalue weighted by Crippen LogP contribution is -2.13. The molecule has 0 aliphatic heterocycles. The maximum absolute atomic E-state index is 12.6. The Balaban J connectivity index is 1.94. The van der Waals surface area contributed by atoms with Gasteiger partial charge in [-0.25, -0.2) is 8.42 Å². The van der Waals surface area contributed by atoms with Crippen LogP contribution >= 0.6 is 50.5 Å². The second kappa shape index (κ2) is 7.52. The quantitative estimate of drug-likeness (QED) is 0.510. The molecule has 0 radical (unpaired) electrons. The number of sulfonamides is 1. The molecule has 2 aromatic heterocycles. The van der Waals surface area contributed by atoms with Crippen LogP contribution in [0, 0.1) is 13.8 Å². The van der Waals surface area contributed by atoms with E-state index in [1.165, 1.54) is 0 Å². The van der Waals surface area contributed by atoms with Gasteiger partial charge in [0, 0.05) is 15.6 Å². The summed E-state index contributed by atoms with van der Waals surface area (Å²) in [5.74, 6) is 0. The summed E-state index contributed by atoms with van der Waals surface area (Å²) in [5.41, 5.74) is 2.44. The first kappa shape index (κ1) is 19.7. The zero-order chi connectivity index (χ0) is 19.1. The predicted molar refractivity (Wildman–Crippen MR) is 110 cm³/mol. The van der Waals surface area contributed by atoms with Gasteiger partial charge in [-0.05, 0) is 54.0 Å². The molecule has 0 saturated heterocycles. The first-order valence-electron chi connectivity index (χ1n) is 7.44. The molecule has 1 aromatic carbocycles. The minimum absolute atomic E-state index is 0.227. The molecule has 10 heteroatoms. The number of aromatic nitrogens is 2. The van der Waals surface area contributed by atoms with Crippen molar-refractivity contribution >= 4 is 66.2 Å². The minimum Gasteiger partial charge on any atom is -0.275 e. The summed E-state index contributed by atoms with van der Waals surface area (Å²) in [6.07, 6.45) is 0. The molecule has 1 N–H and O–H groups in total. The lowest BCUT2D eigenvalue weighted by Gasteiger charge is -2.10. The van der Waals surface area contributed by atoms with E-state index in [-0.39, 0.29) is 4.21 Å². The number of hydrogen-bond donors (Lipinski definition) is 1. The number of hydrogen-bond acceptors (Lipinski definition) is 4. The third kappa shape index (κ3) is 3.94. The number of aryl methyl sites for hydroxylation is 1. The molecule has 0 aliphatic rings. The number of nitrogens with zero attached hydrogens (tertiary/aromatic N) is 2. The van der Waals surface area contributed by atoms with Crippen LogP contribution in [0.3, 0.4) is 0 Å². The summed E-state index contributed by atoms with van der Waals surface area (Å²) in [7, 11) is -3.68. The minimum atomic E-state index is -3.68. The van der Waals surface area contributed by atoms with Gasteiger partial charge in [0.25, 0.3) is 10.0 Å². The molecule has 0 aliphatic carbocycles. The van der Waals surface area contributed by atoms with Crippen molar-refractivity contribution in [1.29, 1.82) is 0 Å². The van der Waals surface area contributed by atoms with Gasteiger partial charge in [0.05, 0.1) is 27.4 Å². The molecule has 26 heavy (non-hydrogen) atoms. The van der Waals surface area contributed by atoms with Gasteiger partial charge in [0.15, 0.2) is 0 Å². The number of thiophene rings is 1. The molecular weight excluding hydrogens is 481 g/mol. The van der Waals surface area contributed by atoms with Crippen molar-refractivity contribution in [3.8, 4) is 0 Å². The lowest BCUT2D eigenvalue weighted by atomic mass is 10.2. The Labute approximate surface area is 174 Å². The molecule has 0 bridgehead atoms. The highest BCUT2D eigenvalue weighted by atomic mass is 79.9. The van der Waals surface area contributed by atoms with Crippen LogP contribution in [0.4, 0.5) is 5.69 Å². The van der Waals surface area contributed by atoms with Crippen LogP contribution in [0.5, 0.6) is 0 Å². The van der Waals surface area contributed by atoms with Crippen LogP contribution in [-0.4, -0.2) is 18.2 Å². The van der Waals surface area contributed by atoms with Crippen LogP contribution in [0.2, 0.25) is 10.0 Å². The first-order valence-corrected chi connectivity index (χ1v) is 11.3. The van der Waals surface area contributed by atoms with Crippen molar-refractivity contribution in [2.75, 3.05) is 4.72 Å². The Bertz CT molecular complexity index is 1060. The van der Waals surface area contributed by atoms with Crippen LogP contribution in [0.1, 0.15) is 17.0 Å². The summed E-state index contributed by atoms with van der Waals surface area (Å²) in [4.78, 5) is 0. The molecule has 0 unspecified atom stereocenters. The van der Waals surface area contributed by atoms with Gasteiger partial charge in [0.2, 0.25) is 0 Å². The van der Waals surface area contributed by atoms with Crippen LogP contribution < -0.4 is 4.72 Å². The SMILES string of the molecule is Cc1nn(Cc2c(Cl)cccc2Cl)c(C)c1NS(=O)(=O)c1ccc(Br)s1. The molecular formula is C16H14BrCl2N3O2S2. The van der Waals surface area contributed by atoms with E-state index < -0.39 is 10.0 Å². The summed E-state index contributed by atoms with van der Waals surface area (Å²) < 4.78 is 30.5. The van der Waals surface area contributed by atoms with E-state index in [0.717, 1.165) is 20.7 Å². The highest BCUT2D eigenvalue weighted by Gasteiger charge is 2.22. The van der Waals surface area contributed by atoms with E-state index in [0.29, 0.717) is 33.7 Å². The van der Waals surface area contributed by atoms with E-state index in [9.17, 15) is 8.42 Å². The number of halogens is 3. The summed E-state index contributed by atoms with van der Waals surface area (Å²) in [6, 6.07) is 8.53. The normalized spacial score (nSPS) is 11.7. The third-order valence-corrected chi connectivity index (χ3v) is 7.97. The molecule has 0 atom stereocenters. The van der Waals surface area contributed by atoms with Crippen LogP contribution in [0.25, 0.3) is 0 Å². The highest BCUT2D eigenvalue weighted by molar-refractivity contribution is 9.11. The van der Waals surface area contributed by atoms with Gasteiger partial charge in [-0.2, -0.15) is 5.10 Å². The fraction of sp³-hybridized carbons (Fsp3) is 0.188. The topological polar surface area (TPSA) is 64.0 Å². The van der Waals surface area contributed by atoms with E-state index >= 15 is 0 Å². The zero-order valence-corrected chi connectivity index (χ0v) is 18.5. The lowest BCUT2D eigenvalue weighted by molar-refractivity contribution is 0.603. The zero-order valence-electron chi connectivity index (χ0n) is 13.8. The predicted octanol–water partition coefficient (Wildman–Crippen LogP) is 5.48. The van der Waals surface area contributed by atoms with Gasteiger partial charge in [-0.15, -0.1) is 11.3 Å². The molecule has 5 nitrogen and oxygen atoms in total. The molecule has 2 heterocycles. The van der Waals surface area contributed by atoms with Gasteiger partial charge < -0.3 is 0 Å². The van der Waals surface area contributed by atoms with E-state index in [2.05, 4.69) is 25.8 Å². The molecule has 0 fully saturated rings. The Morgan fingerprint density at radius 2 is 1.85 bits per heavy atom. The second-order valence-corrected chi connectivity index (χ2v) is 10.8. The Kier molecular flexibility index (Phi) is 5.69. The maximum Gasteiger partial charge on any atom is 0.271 e. The smallest absolute Gasteiger partial charge is 0.271 e. The van der Waals surface area contributed by atoms with Gasteiger partial charge in [-0.3, -0.25) is 9.40 Å². The van der Waals surface area contributed by atoms with Gasteiger partial charge >= 0.3 is 0 Å². The second-order valence-electron chi connectivity index (χ2n) is 5.57. The molecule has 3 aromatic rings. The molecule has 138 valence electrons. The van der Waals surface area contributed by atoms with Crippen molar-refractivity contribution < 1.29 is 8.42 Å². The number of rotatable bonds is 5. The molecule has 0 saturated carbocycles. The number of anilines is 1. The molecule has 0 amide bonds. The summed E-state index contributed by atoms with van der Waals surface area (Å²) in [5, 5.41) is 5.51. The van der Waals surface area contributed by atoms with Gasteiger partial charge in [0.1, 0.15) is 4.21 Å². The average molecular weight is 495 g/mol. The fourth-order valence-electron chi connectivity index (χ4n) is 2.46. The largest absolute Gasteiger partial charge is 0.275 e. The van der Waals surface area contributed by atoms with Crippen molar-refractivity contribution in [3.05, 3.63) is 61.1 Å². The Morgan fingerprint density at radius 1 is 1.19 bits per heavy atom. The number of benzene rings is 1. The van der Waals surface area contributed by atoms with E-state index in [1.54, 1.807) is 48.9 Å². The van der Waals surface area contributed by atoms with Crippen molar-refractivity contribution in [2.24, 2.45) is 0 Å². The van der Waals surface area contributed by atoms with Crippen molar-refractivity contribution in [1.82, 2.24) is 9.78 Å². The van der Waals surface area contributed by atoms with Crippen LogP contribution in [0.15, 0.2) is 38.3 Å². The standard InChI is InChI=1S/C16H14BrCl2N3O2S2/c1-9-16(21-26(23,24)15-7-6-14(17)25-15)10(2)22(20-9)8-11-12(18)4-3-5-13(11)19/h3-7,21H,8H2,1-2H3. The first-order chi connectivity index (χ1) is 12.2. The van der Waals surface area contributed by atoms with Gasteiger partial charge in [-0.1, -0.05) is 29.3 Å².